The summed E-state index contributed by atoms with van der Waals surface area (Å²) >= 11 is 1.43. The number of nitrogens with zero attached hydrogens (tertiary/aromatic N) is 3. The van der Waals surface area contributed by atoms with Crippen LogP contribution in [0.15, 0.2) is 83.1 Å². The molecule has 0 spiro atoms. The lowest BCUT2D eigenvalue weighted by Crippen LogP contribution is -2.42. The molecule has 2 amide bonds. The highest BCUT2D eigenvalue weighted by atomic mass is 32.1. The molecule has 0 aliphatic carbocycles. The van der Waals surface area contributed by atoms with Crippen LogP contribution >= 0.6 is 11.3 Å². The van der Waals surface area contributed by atoms with Gasteiger partial charge in [0.05, 0.1) is 29.5 Å². The molecule has 162 valence electrons. The van der Waals surface area contributed by atoms with Crippen molar-refractivity contribution in [1.29, 1.82) is 0 Å². The maximum absolute atomic E-state index is 12.9. The molecule has 5 rings (SSSR count). The fourth-order valence-corrected chi connectivity index (χ4v) is 4.14. The van der Waals surface area contributed by atoms with Crippen LogP contribution < -0.4 is 10.9 Å². The molecule has 4 heterocycles. The number of rotatable bonds is 5. The number of aromatic nitrogens is 3. The fraction of sp³-hybridized carbons (Fsp3) is 0.0417. The first-order valence-corrected chi connectivity index (χ1v) is 10.9. The summed E-state index contributed by atoms with van der Waals surface area (Å²) in [6, 6.07) is 16.2. The average Bonchev–Trinajstić information content (AvgIpc) is 3.55. The van der Waals surface area contributed by atoms with Gasteiger partial charge in [-0.05, 0) is 36.4 Å². The zero-order valence-corrected chi connectivity index (χ0v) is 18.0. The fourth-order valence-electron chi connectivity index (χ4n) is 3.33. The van der Waals surface area contributed by atoms with Crippen molar-refractivity contribution < 1.29 is 14.0 Å². The van der Waals surface area contributed by atoms with Crippen molar-refractivity contribution >= 4 is 34.1 Å². The number of nitrogens with one attached hydrogen (secondary N) is 2. The smallest absolute Gasteiger partial charge is 0.270 e. The highest BCUT2D eigenvalue weighted by molar-refractivity contribution is 7.13. The molecule has 33 heavy (non-hydrogen) atoms. The van der Waals surface area contributed by atoms with Gasteiger partial charge in [-0.2, -0.15) is 0 Å². The molecule has 9 heteroatoms. The van der Waals surface area contributed by atoms with Crippen molar-refractivity contribution in [3.63, 3.8) is 0 Å². The Balaban J connectivity index is 1.29. The van der Waals surface area contributed by atoms with Crippen molar-refractivity contribution in [2.24, 2.45) is 0 Å². The van der Waals surface area contributed by atoms with Gasteiger partial charge in [-0.1, -0.05) is 18.2 Å². The summed E-state index contributed by atoms with van der Waals surface area (Å²) in [6.07, 6.45) is 4.99. The predicted octanol–water partition coefficient (Wildman–Crippen LogP) is 4.02. The van der Waals surface area contributed by atoms with E-state index in [9.17, 15) is 9.59 Å². The number of fused-ring (bicyclic) bond motifs is 1. The van der Waals surface area contributed by atoms with Gasteiger partial charge in [0.1, 0.15) is 10.7 Å². The van der Waals surface area contributed by atoms with E-state index < -0.39 is 5.91 Å². The molecule has 0 bridgehead atoms. The maximum atomic E-state index is 12.9. The van der Waals surface area contributed by atoms with E-state index in [0.29, 0.717) is 33.6 Å². The summed E-state index contributed by atoms with van der Waals surface area (Å²) in [5.41, 5.74) is 8.01. The van der Waals surface area contributed by atoms with E-state index in [4.69, 9.17) is 4.42 Å². The monoisotopic (exact) mass is 455 g/mol. The quantitative estimate of drug-likeness (QED) is 0.388. The summed E-state index contributed by atoms with van der Waals surface area (Å²) in [4.78, 5) is 38.5. The molecule has 8 nitrogen and oxygen atoms in total. The molecular formula is C24H17N5O3S. The molecule has 0 unspecified atom stereocenters. The van der Waals surface area contributed by atoms with E-state index in [1.54, 1.807) is 42.9 Å². The molecule has 0 atom stereocenters. The van der Waals surface area contributed by atoms with Crippen LogP contribution in [0.2, 0.25) is 0 Å². The summed E-state index contributed by atoms with van der Waals surface area (Å²) in [5.74, 6) is -0.285. The van der Waals surface area contributed by atoms with Crippen molar-refractivity contribution in [3.8, 4) is 22.0 Å². The maximum Gasteiger partial charge on any atom is 0.270 e. The summed E-state index contributed by atoms with van der Waals surface area (Å²) < 4.78 is 5.43. The van der Waals surface area contributed by atoms with Gasteiger partial charge in [0.15, 0.2) is 5.76 Å². The third-order valence-corrected chi connectivity index (χ3v) is 5.79. The minimum Gasteiger partial charge on any atom is -0.463 e. The molecule has 0 aliphatic rings. The van der Waals surface area contributed by atoms with E-state index in [1.165, 1.54) is 11.3 Å². The largest absolute Gasteiger partial charge is 0.463 e. The Kier molecular flexibility index (Phi) is 5.61. The Hall–Kier alpha value is -4.37. The number of hydrogen-bond donors (Lipinski definition) is 2. The van der Waals surface area contributed by atoms with Crippen LogP contribution in [0.25, 0.3) is 32.9 Å². The third-order valence-electron chi connectivity index (χ3n) is 4.85. The van der Waals surface area contributed by atoms with E-state index in [1.807, 2.05) is 35.7 Å². The first kappa shape index (κ1) is 20.5. The Bertz CT molecular complexity index is 1430. The van der Waals surface area contributed by atoms with Gasteiger partial charge in [0.25, 0.3) is 5.91 Å². The van der Waals surface area contributed by atoms with Gasteiger partial charge < -0.3 is 4.42 Å². The zero-order valence-electron chi connectivity index (χ0n) is 17.2. The van der Waals surface area contributed by atoms with Crippen LogP contribution in [0.1, 0.15) is 16.1 Å². The van der Waals surface area contributed by atoms with E-state index in [0.717, 1.165) is 10.6 Å². The van der Waals surface area contributed by atoms with Gasteiger partial charge in [-0.3, -0.25) is 25.4 Å². The minimum atomic E-state index is -0.455. The van der Waals surface area contributed by atoms with E-state index in [2.05, 4.69) is 25.8 Å². The average molecular weight is 455 g/mol. The molecule has 0 aliphatic heterocycles. The minimum absolute atomic E-state index is 0.0335. The van der Waals surface area contributed by atoms with Crippen LogP contribution in [0.4, 0.5) is 0 Å². The highest BCUT2D eigenvalue weighted by Gasteiger charge is 2.16. The Morgan fingerprint density at radius 2 is 1.91 bits per heavy atom. The van der Waals surface area contributed by atoms with Gasteiger partial charge in [-0.15, -0.1) is 11.3 Å². The molecule has 0 radical (unpaired) electrons. The van der Waals surface area contributed by atoms with Crippen molar-refractivity contribution in [2.75, 3.05) is 0 Å². The van der Waals surface area contributed by atoms with E-state index >= 15 is 0 Å². The summed E-state index contributed by atoms with van der Waals surface area (Å²) in [6.45, 7) is 0. The molecule has 0 saturated heterocycles. The van der Waals surface area contributed by atoms with Crippen molar-refractivity contribution in [2.45, 2.75) is 6.42 Å². The third kappa shape index (κ3) is 4.48. The van der Waals surface area contributed by atoms with Crippen LogP contribution in [-0.4, -0.2) is 26.8 Å². The molecule has 0 fully saturated rings. The number of furan rings is 1. The Morgan fingerprint density at radius 1 is 1.00 bits per heavy atom. The number of pyridine rings is 2. The number of para-hydroxylation sites is 1. The second kappa shape index (κ2) is 9.01. The SMILES string of the molecule is O=C(Cc1csc(-c2cccnc2)n1)NNC(=O)c1cc(-c2ccco2)nc2ccccc12. The number of amides is 2. The Labute approximate surface area is 192 Å². The molecule has 0 saturated carbocycles. The number of carbonyl (C=O) groups is 2. The topological polar surface area (TPSA) is 110 Å². The van der Waals surface area contributed by atoms with Crippen LogP contribution in [0.3, 0.4) is 0 Å². The molecule has 2 N–H and O–H groups in total. The van der Waals surface area contributed by atoms with Gasteiger partial charge >= 0.3 is 0 Å². The number of thiazole rings is 1. The summed E-state index contributed by atoms with van der Waals surface area (Å²) in [5, 5.41) is 3.26. The lowest BCUT2D eigenvalue weighted by atomic mass is 10.1. The summed E-state index contributed by atoms with van der Waals surface area (Å²) in [7, 11) is 0. The number of carbonyl (C=O) groups excluding carboxylic acids is 2. The van der Waals surface area contributed by atoms with Crippen LogP contribution in [0.5, 0.6) is 0 Å². The lowest BCUT2D eigenvalue weighted by molar-refractivity contribution is -0.121. The number of hydrazine groups is 1. The number of benzene rings is 1. The van der Waals surface area contributed by atoms with Crippen molar-refractivity contribution in [1.82, 2.24) is 25.8 Å². The molecule has 1 aromatic carbocycles. The predicted molar refractivity (Wildman–Crippen MR) is 124 cm³/mol. The first-order valence-electron chi connectivity index (χ1n) is 10.0. The second-order valence-corrected chi connectivity index (χ2v) is 7.97. The normalized spacial score (nSPS) is 10.8. The Morgan fingerprint density at radius 3 is 2.73 bits per heavy atom. The van der Waals surface area contributed by atoms with Crippen LogP contribution in [-0.2, 0) is 11.2 Å². The van der Waals surface area contributed by atoms with Crippen molar-refractivity contribution in [3.05, 3.63) is 89.9 Å². The van der Waals surface area contributed by atoms with Gasteiger partial charge in [0, 0.05) is 28.7 Å². The standard InChI is InChI=1S/C24H17N5O3S/c30-22(11-16-14-33-24(26-16)15-5-3-9-25-13-15)28-29-23(31)18-12-20(21-8-4-10-32-21)27-19-7-2-1-6-17(18)19/h1-10,12-14H,11H2,(H,28,30)(H,29,31). The van der Waals surface area contributed by atoms with Gasteiger partial charge in [-0.25, -0.2) is 9.97 Å². The van der Waals surface area contributed by atoms with E-state index in [-0.39, 0.29) is 12.3 Å². The lowest BCUT2D eigenvalue weighted by Gasteiger charge is -2.10. The number of hydrogen-bond acceptors (Lipinski definition) is 7. The zero-order chi connectivity index (χ0) is 22.6. The second-order valence-electron chi connectivity index (χ2n) is 7.11. The molecule has 4 aromatic heterocycles. The first-order chi connectivity index (χ1) is 16.2. The molecular weight excluding hydrogens is 438 g/mol. The highest BCUT2D eigenvalue weighted by Crippen LogP contribution is 2.25. The molecule has 5 aromatic rings. The van der Waals surface area contributed by atoms with Crippen LogP contribution in [0, 0.1) is 0 Å². The van der Waals surface area contributed by atoms with Gasteiger partial charge in [0.2, 0.25) is 5.91 Å².